The van der Waals surface area contributed by atoms with Crippen LogP contribution < -0.4 is 10.6 Å². The molecule has 2 atom stereocenters. The van der Waals surface area contributed by atoms with Gasteiger partial charge in [0.1, 0.15) is 0 Å². The topological polar surface area (TPSA) is 38.5 Å². The minimum Gasteiger partial charge on any atom is -0.383 e. The summed E-state index contributed by atoms with van der Waals surface area (Å²) in [5.41, 5.74) is 7.87. The second-order valence-corrected chi connectivity index (χ2v) is 4.82. The lowest BCUT2D eigenvalue weighted by molar-refractivity contribution is 0.183. The fourth-order valence-electron chi connectivity index (χ4n) is 1.68. The molecule has 0 bridgehead atoms. The number of hydrogen-bond acceptors (Lipinski definition) is 3. The first kappa shape index (κ1) is 14.3. The standard InChI is InChI=1S/C13H21ClN2O/c1-9(8-17-4)16(3)13-6-5-11(10(2)15)7-12(13)14/h5-7,9-10H,8,15H2,1-4H3/t9?,10-/m1/s1. The van der Waals surface area contributed by atoms with Crippen LogP contribution in [0, 0.1) is 0 Å². The van der Waals surface area contributed by atoms with E-state index in [-0.39, 0.29) is 12.1 Å². The third-order valence-electron chi connectivity index (χ3n) is 2.95. The summed E-state index contributed by atoms with van der Waals surface area (Å²) >= 11 is 6.27. The molecule has 0 saturated carbocycles. The molecule has 0 fully saturated rings. The van der Waals surface area contributed by atoms with Gasteiger partial charge in [-0.2, -0.15) is 0 Å². The van der Waals surface area contributed by atoms with Crippen LogP contribution >= 0.6 is 11.6 Å². The number of likely N-dealkylation sites (N-methyl/N-ethyl adjacent to an activating group) is 1. The molecule has 0 radical (unpaired) electrons. The van der Waals surface area contributed by atoms with Gasteiger partial charge in [-0.25, -0.2) is 0 Å². The monoisotopic (exact) mass is 256 g/mol. The zero-order valence-electron chi connectivity index (χ0n) is 10.9. The van der Waals surface area contributed by atoms with Crippen LogP contribution in [0.15, 0.2) is 18.2 Å². The van der Waals surface area contributed by atoms with Crippen molar-refractivity contribution in [2.75, 3.05) is 25.7 Å². The van der Waals surface area contributed by atoms with E-state index in [2.05, 4.69) is 11.8 Å². The Bertz CT molecular complexity index is 368. The molecule has 0 amide bonds. The highest BCUT2D eigenvalue weighted by molar-refractivity contribution is 6.33. The Hall–Kier alpha value is -0.770. The molecular formula is C13H21ClN2O. The van der Waals surface area contributed by atoms with Gasteiger partial charge in [0, 0.05) is 26.2 Å². The lowest BCUT2D eigenvalue weighted by atomic mass is 10.1. The number of benzene rings is 1. The van der Waals surface area contributed by atoms with E-state index >= 15 is 0 Å². The van der Waals surface area contributed by atoms with E-state index in [0.717, 1.165) is 16.3 Å². The molecule has 0 aliphatic rings. The predicted molar refractivity (Wildman–Crippen MR) is 73.8 cm³/mol. The van der Waals surface area contributed by atoms with Crippen molar-refractivity contribution in [3.63, 3.8) is 0 Å². The van der Waals surface area contributed by atoms with E-state index in [9.17, 15) is 0 Å². The average molecular weight is 257 g/mol. The Morgan fingerprint density at radius 1 is 1.41 bits per heavy atom. The maximum atomic E-state index is 6.27. The summed E-state index contributed by atoms with van der Waals surface area (Å²) < 4.78 is 5.14. The maximum absolute atomic E-state index is 6.27. The second kappa shape index (κ2) is 6.24. The SMILES string of the molecule is COCC(C)N(C)c1ccc([C@@H](C)N)cc1Cl. The lowest BCUT2D eigenvalue weighted by Gasteiger charge is -2.27. The molecule has 2 N–H and O–H groups in total. The molecule has 1 rings (SSSR count). The molecule has 0 saturated heterocycles. The molecule has 1 unspecified atom stereocenters. The fraction of sp³-hybridized carbons (Fsp3) is 0.538. The zero-order valence-corrected chi connectivity index (χ0v) is 11.7. The molecular weight excluding hydrogens is 236 g/mol. The largest absolute Gasteiger partial charge is 0.383 e. The van der Waals surface area contributed by atoms with Gasteiger partial charge >= 0.3 is 0 Å². The van der Waals surface area contributed by atoms with E-state index in [1.807, 2.05) is 32.2 Å². The van der Waals surface area contributed by atoms with Gasteiger partial charge < -0.3 is 15.4 Å². The average Bonchev–Trinajstić information content (AvgIpc) is 2.28. The summed E-state index contributed by atoms with van der Waals surface area (Å²) in [7, 11) is 3.71. The Labute approximate surface area is 109 Å². The van der Waals surface area contributed by atoms with Crippen molar-refractivity contribution in [2.24, 2.45) is 5.73 Å². The third kappa shape index (κ3) is 3.60. The van der Waals surface area contributed by atoms with Crippen LogP contribution in [0.2, 0.25) is 5.02 Å². The van der Waals surface area contributed by atoms with Gasteiger partial charge in [0.05, 0.1) is 17.3 Å². The van der Waals surface area contributed by atoms with Crippen LogP contribution in [0.1, 0.15) is 25.5 Å². The van der Waals surface area contributed by atoms with Crippen molar-refractivity contribution < 1.29 is 4.74 Å². The van der Waals surface area contributed by atoms with E-state index in [1.54, 1.807) is 7.11 Å². The van der Waals surface area contributed by atoms with Crippen molar-refractivity contribution in [1.82, 2.24) is 0 Å². The number of hydrogen-bond donors (Lipinski definition) is 1. The first-order valence-electron chi connectivity index (χ1n) is 5.74. The smallest absolute Gasteiger partial charge is 0.0663 e. The Balaban J connectivity index is 2.91. The number of halogens is 1. The molecule has 1 aromatic carbocycles. The lowest BCUT2D eigenvalue weighted by Crippen LogP contribution is -2.32. The van der Waals surface area contributed by atoms with Gasteiger partial charge in [-0.05, 0) is 31.5 Å². The Morgan fingerprint density at radius 3 is 2.53 bits per heavy atom. The predicted octanol–water partition coefficient (Wildman–Crippen LogP) is 2.83. The van der Waals surface area contributed by atoms with E-state index in [4.69, 9.17) is 22.1 Å². The molecule has 0 heterocycles. The van der Waals surface area contributed by atoms with Gasteiger partial charge in [0.15, 0.2) is 0 Å². The van der Waals surface area contributed by atoms with E-state index < -0.39 is 0 Å². The summed E-state index contributed by atoms with van der Waals surface area (Å²) in [5.74, 6) is 0. The van der Waals surface area contributed by atoms with Crippen LogP contribution in [0.5, 0.6) is 0 Å². The van der Waals surface area contributed by atoms with Crippen LogP contribution in [0.4, 0.5) is 5.69 Å². The van der Waals surface area contributed by atoms with E-state index in [1.165, 1.54) is 0 Å². The van der Waals surface area contributed by atoms with Crippen LogP contribution in [-0.4, -0.2) is 26.8 Å². The van der Waals surface area contributed by atoms with Crippen molar-refractivity contribution in [1.29, 1.82) is 0 Å². The summed E-state index contributed by atoms with van der Waals surface area (Å²) in [6.45, 7) is 4.71. The molecule has 0 aliphatic heterocycles. The molecule has 4 heteroatoms. The molecule has 0 aromatic heterocycles. The molecule has 3 nitrogen and oxygen atoms in total. The highest BCUT2D eigenvalue weighted by atomic mass is 35.5. The normalized spacial score (nSPS) is 14.5. The Kier molecular flexibility index (Phi) is 5.25. The highest BCUT2D eigenvalue weighted by Gasteiger charge is 2.13. The van der Waals surface area contributed by atoms with Crippen molar-refractivity contribution in [3.8, 4) is 0 Å². The summed E-state index contributed by atoms with van der Waals surface area (Å²) in [4.78, 5) is 2.11. The van der Waals surface area contributed by atoms with Crippen molar-refractivity contribution in [3.05, 3.63) is 28.8 Å². The van der Waals surface area contributed by atoms with Crippen LogP contribution in [0.25, 0.3) is 0 Å². The number of nitrogens with two attached hydrogens (primary N) is 1. The van der Waals surface area contributed by atoms with Gasteiger partial charge in [-0.1, -0.05) is 17.7 Å². The Morgan fingerprint density at radius 2 is 2.06 bits per heavy atom. The molecule has 0 aliphatic carbocycles. The zero-order chi connectivity index (χ0) is 13.0. The third-order valence-corrected chi connectivity index (χ3v) is 3.25. The summed E-state index contributed by atoms with van der Waals surface area (Å²) in [6, 6.07) is 6.23. The van der Waals surface area contributed by atoms with Crippen molar-refractivity contribution >= 4 is 17.3 Å². The van der Waals surface area contributed by atoms with Gasteiger partial charge in [0.25, 0.3) is 0 Å². The number of anilines is 1. The summed E-state index contributed by atoms with van der Waals surface area (Å²) in [6.07, 6.45) is 0. The first-order valence-corrected chi connectivity index (χ1v) is 6.12. The number of ether oxygens (including phenoxy) is 1. The maximum Gasteiger partial charge on any atom is 0.0663 e. The van der Waals surface area contributed by atoms with Gasteiger partial charge in [-0.15, -0.1) is 0 Å². The highest BCUT2D eigenvalue weighted by Crippen LogP contribution is 2.28. The van der Waals surface area contributed by atoms with Gasteiger partial charge in [-0.3, -0.25) is 0 Å². The minimum absolute atomic E-state index is 0.00301. The van der Waals surface area contributed by atoms with Crippen LogP contribution in [0.3, 0.4) is 0 Å². The second-order valence-electron chi connectivity index (χ2n) is 4.41. The van der Waals surface area contributed by atoms with E-state index in [0.29, 0.717) is 6.61 Å². The van der Waals surface area contributed by atoms with Gasteiger partial charge in [0.2, 0.25) is 0 Å². The first-order chi connectivity index (χ1) is 7.97. The molecule has 17 heavy (non-hydrogen) atoms. The van der Waals surface area contributed by atoms with Crippen LogP contribution in [-0.2, 0) is 4.74 Å². The number of rotatable bonds is 5. The minimum atomic E-state index is 0.00301. The summed E-state index contributed by atoms with van der Waals surface area (Å²) in [5, 5.41) is 0.727. The van der Waals surface area contributed by atoms with Crippen molar-refractivity contribution in [2.45, 2.75) is 25.9 Å². The number of nitrogens with zero attached hydrogens (tertiary/aromatic N) is 1. The molecule has 1 aromatic rings. The molecule has 0 spiro atoms. The number of methoxy groups -OCH3 is 1. The molecule has 96 valence electrons. The quantitative estimate of drug-likeness (QED) is 0.881. The fourth-order valence-corrected chi connectivity index (χ4v) is 2.01.